The highest BCUT2D eigenvalue weighted by atomic mass is 16.7. The second-order valence-corrected chi connectivity index (χ2v) is 2.41. The lowest BCUT2D eigenvalue weighted by atomic mass is 10.3. The minimum Gasteiger partial charge on any atom is -0.428 e. The van der Waals surface area contributed by atoms with Crippen molar-refractivity contribution in [3.8, 4) is 0 Å². The Kier molecular flexibility index (Phi) is 24.7. The Morgan fingerprint density at radius 2 is 1.56 bits per heavy atom. The monoisotopic (exact) mass is 238 g/mol. The van der Waals surface area contributed by atoms with Crippen molar-refractivity contribution in [2.45, 2.75) is 48.5 Å². The second kappa shape index (κ2) is 16.3. The van der Waals surface area contributed by atoms with Crippen molar-refractivity contribution < 1.29 is 24.2 Å². The summed E-state index contributed by atoms with van der Waals surface area (Å²) in [5.41, 5.74) is 0. The average molecular weight is 238 g/mol. The van der Waals surface area contributed by atoms with E-state index in [4.69, 9.17) is 5.11 Å². The number of aliphatic hydroxyl groups is 1. The van der Waals surface area contributed by atoms with Crippen molar-refractivity contribution in [2.75, 3.05) is 13.4 Å². The zero-order valence-electron chi connectivity index (χ0n) is 7.62. The van der Waals surface area contributed by atoms with Crippen molar-refractivity contribution in [1.29, 1.82) is 0 Å². The number of carbonyl (C=O) groups excluding carboxylic acids is 2. The number of unbranched alkanes of at least 4 members (excludes halogenated alkanes) is 1. The Bertz CT molecular complexity index is 168. The van der Waals surface area contributed by atoms with Crippen LogP contribution in [-0.4, -0.2) is 30.4 Å². The van der Waals surface area contributed by atoms with Crippen LogP contribution in [0.3, 0.4) is 0 Å². The Balaban J connectivity index is -0.000000240. The first kappa shape index (κ1) is 24.2. The Labute approximate surface area is 98.8 Å². The molecule has 0 spiro atoms. The van der Waals surface area contributed by atoms with Gasteiger partial charge >= 0.3 is 11.9 Å². The van der Waals surface area contributed by atoms with Gasteiger partial charge in [0.25, 0.3) is 0 Å². The standard InChI is InChI=1S/C8H14O5.3CH4/c1-2-3-4-7(10)12-6-13-8(11)5-9;;;/h9H,2-6H2,1H3;3*1H4. The molecule has 0 aromatic heterocycles. The molecule has 0 aromatic rings. The van der Waals surface area contributed by atoms with E-state index in [-0.39, 0.29) is 22.3 Å². The van der Waals surface area contributed by atoms with E-state index in [0.29, 0.717) is 6.42 Å². The summed E-state index contributed by atoms with van der Waals surface area (Å²) in [7, 11) is 0. The molecule has 0 amide bonds. The van der Waals surface area contributed by atoms with Crippen LogP contribution in [0.25, 0.3) is 0 Å². The van der Waals surface area contributed by atoms with E-state index in [9.17, 15) is 9.59 Å². The summed E-state index contributed by atoms with van der Waals surface area (Å²) in [4.78, 5) is 21.1. The normalized spacial score (nSPS) is 7.62. The van der Waals surface area contributed by atoms with E-state index in [1.165, 1.54) is 0 Å². The van der Waals surface area contributed by atoms with E-state index in [0.717, 1.165) is 12.8 Å². The van der Waals surface area contributed by atoms with Gasteiger partial charge in [0.15, 0.2) is 0 Å². The fourth-order valence-corrected chi connectivity index (χ4v) is 0.600. The Morgan fingerprint density at radius 3 is 2.00 bits per heavy atom. The molecule has 0 fully saturated rings. The Morgan fingerprint density at radius 1 is 1.06 bits per heavy atom. The second-order valence-electron chi connectivity index (χ2n) is 2.41. The fraction of sp³-hybridized carbons (Fsp3) is 0.818. The van der Waals surface area contributed by atoms with Crippen molar-refractivity contribution in [1.82, 2.24) is 0 Å². The van der Waals surface area contributed by atoms with Crippen LogP contribution in [0, 0.1) is 0 Å². The van der Waals surface area contributed by atoms with E-state index < -0.39 is 25.3 Å². The highest BCUT2D eigenvalue weighted by molar-refractivity contribution is 5.71. The van der Waals surface area contributed by atoms with Gasteiger partial charge in [0.05, 0.1) is 0 Å². The first-order valence-corrected chi connectivity index (χ1v) is 4.12. The van der Waals surface area contributed by atoms with Gasteiger partial charge in [-0.3, -0.25) is 4.79 Å². The summed E-state index contributed by atoms with van der Waals surface area (Å²) in [6.07, 6.45) is 1.99. The minimum atomic E-state index is -0.803. The SMILES string of the molecule is C.C.C.CCCCC(=O)OCOC(=O)CO. The Hall–Kier alpha value is -1.10. The number of carbonyl (C=O) groups is 2. The van der Waals surface area contributed by atoms with Crippen LogP contribution < -0.4 is 0 Å². The number of rotatable bonds is 6. The molecular weight excluding hydrogens is 212 g/mol. The lowest BCUT2D eigenvalue weighted by Crippen LogP contribution is -2.14. The zero-order valence-corrected chi connectivity index (χ0v) is 7.62. The molecule has 0 rings (SSSR count). The third kappa shape index (κ3) is 15.4. The molecule has 0 aromatic carbocycles. The smallest absolute Gasteiger partial charge is 0.334 e. The number of aliphatic hydroxyl groups excluding tert-OH is 1. The summed E-state index contributed by atoms with van der Waals surface area (Å²) in [6.45, 7) is 0.841. The zero-order chi connectivity index (χ0) is 10.1. The molecule has 0 unspecified atom stereocenters. The van der Waals surface area contributed by atoms with Gasteiger partial charge in [-0.05, 0) is 6.42 Å². The lowest BCUT2D eigenvalue weighted by Gasteiger charge is -2.03. The third-order valence-corrected chi connectivity index (χ3v) is 1.30. The van der Waals surface area contributed by atoms with Gasteiger partial charge in [0.1, 0.15) is 6.61 Å². The summed E-state index contributed by atoms with van der Waals surface area (Å²) in [5.74, 6) is -1.20. The molecule has 100 valence electrons. The fourth-order valence-electron chi connectivity index (χ4n) is 0.600. The van der Waals surface area contributed by atoms with Gasteiger partial charge in [-0.1, -0.05) is 35.6 Å². The van der Waals surface area contributed by atoms with E-state index in [1.807, 2.05) is 6.92 Å². The molecule has 16 heavy (non-hydrogen) atoms. The van der Waals surface area contributed by atoms with Crippen molar-refractivity contribution in [2.24, 2.45) is 0 Å². The predicted octanol–water partition coefficient (Wildman–Crippen LogP) is 2.12. The highest BCUT2D eigenvalue weighted by Crippen LogP contribution is 1.96. The van der Waals surface area contributed by atoms with Crippen molar-refractivity contribution >= 4 is 11.9 Å². The average Bonchev–Trinajstić information content (AvgIpc) is 2.14. The van der Waals surface area contributed by atoms with Gasteiger partial charge in [0.2, 0.25) is 6.79 Å². The molecule has 0 saturated heterocycles. The van der Waals surface area contributed by atoms with Gasteiger partial charge < -0.3 is 14.6 Å². The minimum absolute atomic E-state index is 0. The molecule has 0 bridgehead atoms. The maximum absolute atomic E-state index is 10.8. The molecule has 0 aliphatic rings. The summed E-state index contributed by atoms with van der Waals surface area (Å²) in [5, 5.41) is 8.23. The van der Waals surface area contributed by atoms with Gasteiger partial charge in [-0.25, -0.2) is 4.79 Å². The quantitative estimate of drug-likeness (QED) is 0.567. The largest absolute Gasteiger partial charge is 0.428 e. The van der Waals surface area contributed by atoms with E-state index in [1.54, 1.807) is 0 Å². The third-order valence-electron chi connectivity index (χ3n) is 1.30. The molecule has 1 N–H and O–H groups in total. The van der Waals surface area contributed by atoms with Crippen molar-refractivity contribution in [3.05, 3.63) is 0 Å². The molecule has 5 heteroatoms. The number of esters is 2. The summed E-state index contributed by atoms with van der Waals surface area (Å²) < 4.78 is 8.83. The summed E-state index contributed by atoms with van der Waals surface area (Å²) >= 11 is 0. The molecule has 0 saturated carbocycles. The molecular formula is C11H26O5. The lowest BCUT2D eigenvalue weighted by molar-refractivity contribution is -0.169. The van der Waals surface area contributed by atoms with Crippen LogP contribution in [-0.2, 0) is 19.1 Å². The molecule has 0 aliphatic carbocycles. The number of hydrogen-bond acceptors (Lipinski definition) is 5. The predicted molar refractivity (Wildman–Crippen MR) is 63.9 cm³/mol. The maximum Gasteiger partial charge on any atom is 0.334 e. The highest BCUT2D eigenvalue weighted by Gasteiger charge is 2.03. The van der Waals surface area contributed by atoms with Crippen LogP contribution >= 0.6 is 0 Å². The van der Waals surface area contributed by atoms with Crippen molar-refractivity contribution in [3.63, 3.8) is 0 Å². The molecule has 0 aliphatic heterocycles. The van der Waals surface area contributed by atoms with Crippen LogP contribution in [0.4, 0.5) is 0 Å². The van der Waals surface area contributed by atoms with Crippen LogP contribution in [0.2, 0.25) is 0 Å². The summed E-state index contributed by atoms with van der Waals surface area (Å²) in [6, 6.07) is 0. The first-order valence-electron chi connectivity index (χ1n) is 4.12. The molecule has 0 atom stereocenters. The van der Waals surface area contributed by atoms with Gasteiger partial charge in [-0.15, -0.1) is 0 Å². The van der Waals surface area contributed by atoms with Crippen LogP contribution in [0.1, 0.15) is 48.5 Å². The van der Waals surface area contributed by atoms with Crippen LogP contribution in [0.5, 0.6) is 0 Å². The van der Waals surface area contributed by atoms with Gasteiger partial charge in [0, 0.05) is 6.42 Å². The molecule has 0 radical (unpaired) electrons. The number of ether oxygens (including phenoxy) is 2. The topological polar surface area (TPSA) is 72.8 Å². The molecule has 5 nitrogen and oxygen atoms in total. The van der Waals surface area contributed by atoms with E-state index in [2.05, 4.69) is 9.47 Å². The first-order chi connectivity index (χ1) is 6.20. The number of hydrogen-bond donors (Lipinski definition) is 1. The van der Waals surface area contributed by atoms with E-state index >= 15 is 0 Å². The van der Waals surface area contributed by atoms with Gasteiger partial charge in [-0.2, -0.15) is 0 Å². The maximum atomic E-state index is 10.8. The molecule has 0 heterocycles. The van der Waals surface area contributed by atoms with Crippen LogP contribution in [0.15, 0.2) is 0 Å².